The predicted molar refractivity (Wildman–Crippen MR) is 86.2 cm³/mol. The van der Waals surface area contributed by atoms with Crippen LogP contribution in [-0.4, -0.2) is 19.6 Å². The van der Waals surface area contributed by atoms with E-state index in [0.29, 0.717) is 16.5 Å². The summed E-state index contributed by atoms with van der Waals surface area (Å²) >= 11 is 6.00. The maximum Gasteiger partial charge on any atom is 0.243 e. The van der Waals surface area contributed by atoms with Gasteiger partial charge in [-0.05, 0) is 30.7 Å². The number of aryl methyl sites for hydroxylation is 1. The minimum atomic E-state index is -0.835. The molecule has 0 saturated carbocycles. The average molecular weight is 341 g/mol. The van der Waals surface area contributed by atoms with E-state index in [1.54, 1.807) is 12.1 Å². The van der Waals surface area contributed by atoms with Gasteiger partial charge in [0, 0.05) is 11.1 Å². The highest BCUT2D eigenvalue weighted by molar-refractivity contribution is 6.31. The number of hydrogen-bond donors (Lipinski definition) is 2. The van der Waals surface area contributed by atoms with Gasteiger partial charge < -0.3 is 15.4 Å². The number of halogens is 3. The smallest absolute Gasteiger partial charge is 0.243 e. The van der Waals surface area contributed by atoms with Crippen molar-refractivity contribution < 1.29 is 18.3 Å². The first-order chi connectivity index (χ1) is 10.9. The zero-order valence-electron chi connectivity index (χ0n) is 12.5. The van der Waals surface area contributed by atoms with Gasteiger partial charge in [-0.25, -0.2) is 8.78 Å². The summed E-state index contributed by atoms with van der Waals surface area (Å²) in [7, 11) is 1.47. The van der Waals surface area contributed by atoms with E-state index in [9.17, 15) is 13.6 Å². The number of carbonyl (C=O) groups excluding carboxylic acids is 1. The molecule has 23 heavy (non-hydrogen) atoms. The third-order valence-corrected chi connectivity index (χ3v) is 3.55. The summed E-state index contributed by atoms with van der Waals surface area (Å²) in [5, 5.41) is 5.58. The van der Waals surface area contributed by atoms with Crippen LogP contribution in [0.15, 0.2) is 30.3 Å². The van der Waals surface area contributed by atoms with Gasteiger partial charge in [0.05, 0.1) is 19.3 Å². The maximum absolute atomic E-state index is 13.5. The van der Waals surface area contributed by atoms with Gasteiger partial charge in [0.25, 0.3) is 0 Å². The topological polar surface area (TPSA) is 50.4 Å². The molecule has 0 aliphatic heterocycles. The Morgan fingerprint density at radius 1 is 1.26 bits per heavy atom. The number of amides is 1. The summed E-state index contributed by atoms with van der Waals surface area (Å²) in [5.74, 6) is -1.80. The third kappa shape index (κ3) is 4.10. The summed E-state index contributed by atoms with van der Waals surface area (Å²) in [6.07, 6.45) is 0. The number of ether oxygens (including phenoxy) is 1. The predicted octanol–water partition coefficient (Wildman–Crippen LogP) is 3.99. The summed E-state index contributed by atoms with van der Waals surface area (Å²) < 4.78 is 32.1. The highest BCUT2D eigenvalue weighted by Gasteiger charge is 2.13. The van der Waals surface area contributed by atoms with Crippen molar-refractivity contribution in [2.45, 2.75) is 6.92 Å². The fourth-order valence-corrected chi connectivity index (χ4v) is 2.10. The number of rotatable bonds is 5. The van der Waals surface area contributed by atoms with E-state index in [0.717, 1.165) is 17.7 Å². The maximum atomic E-state index is 13.5. The molecule has 2 aromatic rings. The first-order valence-electron chi connectivity index (χ1n) is 6.74. The van der Waals surface area contributed by atoms with Gasteiger partial charge in [0.2, 0.25) is 5.91 Å². The molecule has 0 spiro atoms. The number of carbonyl (C=O) groups is 1. The van der Waals surface area contributed by atoms with Crippen LogP contribution in [0.1, 0.15) is 5.56 Å². The zero-order valence-corrected chi connectivity index (χ0v) is 13.3. The van der Waals surface area contributed by atoms with Crippen molar-refractivity contribution in [2.24, 2.45) is 0 Å². The van der Waals surface area contributed by atoms with E-state index in [1.807, 2.05) is 6.92 Å². The van der Waals surface area contributed by atoms with Gasteiger partial charge in [-0.1, -0.05) is 17.7 Å². The lowest BCUT2D eigenvalue weighted by Gasteiger charge is -2.13. The lowest BCUT2D eigenvalue weighted by atomic mass is 10.2. The molecule has 0 saturated heterocycles. The van der Waals surface area contributed by atoms with Crippen LogP contribution in [0.2, 0.25) is 5.02 Å². The Balaban J connectivity index is 2.06. The number of anilines is 2. The molecule has 0 aromatic heterocycles. The highest BCUT2D eigenvalue weighted by Crippen LogP contribution is 2.30. The fraction of sp³-hybridized carbons (Fsp3) is 0.188. The molecular formula is C16H15ClF2N2O2. The Bertz CT molecular complexity index is 718. The summed E-state index contributed by atoms with van der Waals surface area (Å²) in [5.41, 5.74) is 0.882. The first-order valence-corrected chi connectivity index (χ1v) is 7.12. The molecular weight excluding hydrogens is 326 g/mol. The number of para-hydroxylation sites is 1. The number of methoxy groups -OCH3 is 1. The minimum absolute atomic E-state index is 0.189. The fourth-order valence-electron chi connectivity index (χ4n) is 1.95. The van der Waals surface area contributed by atoms with E-state index in [-0.39, 0.29) is 6.54 Å². The molecule has 4 nitrogen and oxygen atoms in total. The van der Waals surface area contributed by atoms with Crippen LogP contribution in [0, 0.1) is 18.6 Å². The second-order valence-corrected chi connectivity index (χ2v) is 5.21. The first kappa shape index (κ1) is 17.0. The lowest BCUT2D eigenvalue weighted by molar-refractivity contribution is -0.114. The molecule has 0 unspecified atom stereocenters. The monoisotopic (exact) mass is 340 g/mol. The average Bonchev–Trinajstić information content (AvgIpc) is 2.51. The molecule has 0 aliphatic carbocycles. The molecule has 7 heteroatoms. The van der Waals surface area contributed by atoms with Crippen LogP contribution >= 0.6 is 11.6 Å². The molecule has 0 radical (unpaired) electrons. The van der Waals surface area contributed by atoms with Crippen molar-refractivity contribution in [3.63, 3.8) is 0 Å². The van der Waals surface area contributed by atoms with E-state index < -0.39 is 23.2 Å². The lowest BCUT2D eigenvalue weighted by Crippen LogP contribution is -2.23. The van der Waals surface area contributed by atoms with Crippen LogP contribution in [-0.2, 0) is 4.79 Å². The molecule has 122 valence electrons. The van der Waals surface area contributed by atoms with E-state index in [2.05, 4.69) is 10.6 Å². The van der Waals surface area contributed by atoms with Gasteiger partial charge in [-0.2, -0.15) is 0 Å². The zero-order chi connectivity index (χ0) is 17.0. The minimum Gasteiger partial charge on any atom is -0.495 e. The van der Waals surface area contributed by atoms with Crippen molar-refractivity contribution in [1.29, 1.82) is 0 Å². The molecule has 2 aromatic carbocycles. The van der Waals surface area contributed by atoms with Gasteiger partial charge in [0.15, 0.2) is 0 Å². The van der Waals surface area contributed by atoms with Crippen LogP contribution in [0.5, 0.6) is 5.75 Å². The van der Waals surface area contributed by atoms with Crippen molar-refractivity contribution in [2.75, 3.05) is 24.3 Å². The Hall–Kier alpha value is -2.34. The van der Waals surface area contributed by atoms with Gasteiger partial charge in [-0.3, -0.25) is 4.79 Å². The molecule has 2 N–H and O–H groups in total. The molecule has 2 rings (SSSR count). The van der Waals surface area contributed by atoms with Crippen LogP contribution in [0.3, 0.4) is 0 Å². The van der Waals surface area contributed by atoms with Crippen molar-refractivity contribution in [3.8, 4) is 5.75 Å². The second-order valence-electron chi connectivity index (χ2n) is 4.80. The summed E-state index contributed by atoms with van der Waals surface area (Å²) in [6, 6.07) is 6.70. The highest BCUT2D eigenvalue weighted by atomic mass is 35.5. The van der Waals surface area contributed by atoms with Gasteiger partial charge >= 0.3 is 0 Å². The van der Waals surface area contributed by atoms with Gasteiger partial charge in [-0.15, -0.1) is 0 Å². The normalized spacial score (nSPS) is 10.3. The van der Waals surface area contributed by atoms with E-state index >= 15 is 0 Å². The Morgan fingerprint density at radius 3 is 2.52 bits per heavy atom. The van der Waals surface area contributed by atoms with Crippen LogP contribution in [0.4, 0.5) is 20.2 Å². The Labute approximate surface area is 137 Å². The van der Waals surface area contributed by atoms with Crippen molar-refractivity contribution in [1.82, 2.24) is 0 Å². The van der Waals surface area contributed by atoms with E-state index in [4.69, 9.17) is 16.3 Å². The van der Waals surface area contributed by atoms with E-state index in [1.165, 1.54) is 13.2 Å². The van der Waals surface area contributed by atoms with Crippen molar-refractivity contribution >= 4 is 28.9 Å². The van der Waals surface area contributed by atoms with Crippen LogP contribution < -0.4 is 15.4 Å². The molecule has 0 fully saturated rings. The third-order valence-electron chi connectivity index (χ3n) is 3.15. The number of nitrogens with one attached hydrogen (secondary N) is 2. The summed E-state index contributed by atoms with van der Waals surface area (Å²) in [6.45, 7) is 1.62. The molecule has 1 amide bonds. The molecule has 0 bridgehead atoms. The Morgan fingerprint density at radius 2 is 1.91 bits per heavy atom. The molecule has 0 heterocycles. The Kier molecular flexibility index (Phi) is 5.39. The largest absolute Gasteiger partial charge is 0.495 e. The van der Waals surface area contributed by atoms with Gasteiger partial charge in [0.1, 0.15) is 23.1 Å². The standard InChI is InChI=1S/C16H15ClF2N2O2/c1-9-6-13(14(23-2)7-10(9)17)20-8-15(22)21-16-11(18)4-3-5-12(16)19/h3-7,20H,8H2,1-2H3,(H,21,22). The number of hydrogen-bond acceptors (Lipinski definition) is 3. The second kappa shape index (κ2) is 7.28. The molecule has 0 atom stereocenters. The molecule has 0 aliphatic rings. The van der Waals surface area contributed by atoms with Crippen molar-refractivity contribution in [3.05, 3.63) is 52.6 Å². The SMILES string of the molecule is COc1cc(Cl)c(C)cc1NCC(=O)Nc1c(F)cccc1F. The van der Waals surface area contributed by atoms with Crippen LogP contribution in [0.25, 0.3) is 0 Å². The summed E-state index contributed by atoms with van der Waals surface area (Å²) in [4.78, 5) is 11.9. The quantitative estimate of drug-likeness (QED) is 0.865. The number of benzene rings is 2.